The van der Waals surface area contributed by atoms with E-state index in [1.54, 1.807) is 0 Å². The molecule has 2 atom stereocenters. The maximum Gasteiger partial charge on any atom is 0.226 e. The molecule has 0 saturated heterocycles. The predicted molar refractivity (Wildman–Crippen MR) is 72.8 cm³/mol. The molecule has 0 aromatic heterocycles. The second-order valence-corrected chi connectivity index (χ2v) is 6.71. The van der Waals surface area contributed by atoms with E-state index in [1.165, 1.54) is 11.1 Å². The quantitative estimate of drug-likeness (QED) is 0.829. The number of hydrogen-bond donors (Lipinski definition) is 1. The van der Waals surface area contributed by atoms with Crippen molar-refractivity contribution < 1.29 is 4.79 Å². The summed E-state index contributed by atoms with van der Waals surface area (Å²) in [6.07, 6.45) is 3.77. The summed E-state index contributed by atoms with van der Waals surface area (Å²) in [5, 5.41) is 3.08. The summed E-state index contributed by atoms with van der Waals surface area (Å²) in [4.78, 5) is 12.0. The first-order valence-corrected chi connectivity index (χ1v) is 7.09. The molecule has 1 fully saturated rings. The molecular weight excluding hydrogens is 269 g/mol. The minimum atomic E-state index is -0.835. The topological polar surface area (TPSA) is 29.1 Å². The van der Waals surface area contributed by atoms with E-state index in [0.717, 1.165) is 19.3 Å². The van der Waals surface area contributed by atoms with E-state index in [9.17, 15) is 4.79 Å². The molecule has 1 aromatic rings. The van der Waals surface area contributed by atoms with Crippen LogP contribution in [0.2, 0.25) is 0 Å². The summed E-state index contributed by atoms with van der Waals surface area (Å²) in [7, 11) is 0. The van der Waals surface area contributed by atoms with Crippen LogP contribution in [0.1, 0.15) is 36.4 Å². The van der Waals surface area contributed by atoms with E-state index in [2.05, 4.69) is 17.4 Å². The normalized spacial score (nSPS) is 28.3. The van der Waals surface area contributed by atoms with E-state index in [-0.39, 0.29) is 17.9 Å². The van der Waals surface area contributed by atoms with Gasteiger partial charge in [0.25, 0.3) is 0 Å². The summed E-state index contributed by atoms with van der Waals surface area (Å²) < 4.78 is -0.835. The van der Waals surface area contributed by atoms with E-state index >= 15 is 0 Å². The van der Waals surface area contributed by atoms with Gasteiger partial charge in [-0.2, -0.15) is 0 Å². The lowest BCUT2D eigenvalue weighted by Gasteiger charge is -2.26. The Kier molecular flexibility index (Phi) is 3.03. The lowest BCUT2D eigenvalue weighted by Crippen LogP contribution is -2.33. The Bertz CT molecular complexity index is 486. The summed E-state index contributed by atoms with van der Waals surface area (Å²) >= 11 is 11.8. The van der Waals surface area contributed by atoms with Crippen LogP contribution < -0.4 is 5.32 Å². The number of amides is 1. The first-order chi connectivity index (χ1) is 8.58. The van der Waals surface area contributed by atoms with Gasteiger partial charge in [0.05, 0.1) is 12.0 Å². The molecule has 18 heavy (non-hydrogen) atoms. The smallest absolute Gasteiger partial charge is 0.226 e. The fourth-order valence-corrected chi connectivity index (χ4v) is 3.18. The molecule has 1 aromatic carbocycles. The number of hydrogen-bond acceptors (Lipinski definition) is 1. The van der Waals surface area contributed by atoms with Crippen molar-refractivity contribution >= 4 is 29.1 Å². The van der Waals surface area contributed by atoms with E-state index in [4.69, 9.17) is 23.2 Å². The number of alkyl halides is 2. The van der Waals surface area contributed by atoms with Crippen LogP contribution in [0.4, 0.5) is 0 Å². The molecule has 0 aliphatic heterocycles. The molecule has 2 aliphatic carbocycles. The van der Waals surface area contributed by atoms with Crippen molar-refractivity contribution in [3.05, 3.63) is 35.4 Å². The zero-order chi connectivity index (χ0) is 12.8. The van der Waals surface area contributed by atoms with E-state index < -0.39 is 4.33 Å². The van der Waals surface area contributed by atoms with Crippen molar-refractivity contribution in [2.45, 2.75) is 36.1 Å². The Hall–Kier alpha value is -0.730. The van der Waals surface area contributed by atoms with Crippen molar-refractivity contribution in [3.8, 4) is 0 Å². The van der Waals surface area contributed by atoms with Gasteiger partial charge in [0.2, 0.25) is 5.91 Å². The molecule has 96 valence electrons. The number of carbonyl (C=O) groups is 1. The van der Waals surface area contributed by atoms with Crippen LogP contribution in [0.5, 0.6) is 0 Å². The molecule has 2 aliphatic rings. The van der Waals surface area contributed by atoms with Crippen molar-refractivity contribution in [2.75, 3.05) is 0 Å². The monoisotopic (exact) mass is 283 g/mol. The van der Waals surface area contributed by atoms with Gasteiger partial charge in [-0.15, -0.1) is 23.2 Å². The average molecular weight is 284 g/mol. The highest BCUT2D eigenvalue weighted by Crippen LogP contribution is 2.53. The molecule has 0 heterocycles. The number of rotatable bonds is 2. The third-order valence-electron chi connectivity index (χ3n) is 3.83. The summed E-state index contributed by atoms with van der Waals surface area (Å²) in [6, 6.07) is 8.42. The van der Waals surface area contributed by atoms with Gasteiger partial charge in [-0.05, 0) is 36.8 Å². The molecule has 1 amide bonds. The van der Waals surface area contributed by atoms with Crippen LogP contribution >= 0.6 is 23.2 Å². The molecule has 1 saturated carbocycles. The SMILES string of the molecule is O=C(N[C@H]1CCCc2ccccc21)[C@@H]1CC1(Cl)Cl. The van der Waals surface area contributed by atoms with Crippen LogP contribution in [-0.4, -0.2) is 10.2 Å². The largest absolute Gasteiger partial charge is 0.349 e. The molecule has 0 unspecified atom stereocenters. The van der Waals surface area contributed by atoms with Crippen LogP contribution in [-0.2, 0) is 11.2 Å². The Labute approximate surface area is 117 Å². The van der Waals surface area contributed by atoms with Gasteiger partial charge in [0.15, 0.2) is 0 Å². The zero-order valence-electron chi connectivity index (χ0n) is 9.96. The van der Waals surface area contributed by atoms with Gasteiger partial charge in [0, 0.05) is 0 Å². The van der Waals surface area contributed by atoms with E-state index in [0.29, 0.717) is 6.42 Å². The van der Waals surface area contributed by atoms with Crippen LogP contribution in [0.3, 0.4) is 0 Å². The Balaban J connectivity index is 1.73. The van der Waals surface area contributed by atoms with Gasteiger partial charge in [-0.3, -0.25) is 4.79 Å². The number of nitrogens with one attached hydrogen (secondary N) is 1. The van der Waals surface area contributed by atoms with Crippen molar-refractivity contribution in [2.24, 2.45) is 5.92 Å². The molecule has 0 bridgehead atoms. The van der Waals surface area contributed by atoms with Gasteiger partial charge >= 0.3 is 0 Å². The number of benzene rings is 1. The summed E-state index contributed by atoms with van der Waals surface area (Å²) in [5.41, 5.74) is 2.58. The molecule has 0 radical (unpaired) electrons. The lowest BCUT2D eigenvalue weighted by atomic mass is 9.87. The molecule has 1 N–H and O–H groups in total. The van der Waals surface area contributed by atoms with Crippen molar-refractivity contribution in [3.63, 3.8) is 0 Å². The number of halogens is 2. The van der Waals surface area contributed by atoms with Gasteiger partial charge < -0.3 is 5.32 Å². The van der Waals surface area contributed by atoms with Gasteiger partial charge in [0.1, 0.15) is 4.33 Å². The fourth-order valence-electron chi connectivity index (χ4n) is 2.67. The maximum absolute atomic E-state index is 12.0. The highest BCUT2D eigenvalue weighted by molar-refractivity contribution is 6.52. The molecule has 4 heteroatoms. The minimum absolute atomic E-state index is 0.0123. The molecule has 3 rings (SSSR count). The first-order valence-electron chi connectivity index (χ1n) is 6.34. The number of aryl methyl sites for hydroxylation is 1. The lowest BCUT2D eigenvalue weighted by molar-refractivity contribution is -0.123. The van der Waals surface area contributed by atoms with Gasteiger partial charge in [-0.25, -0.2) is 0 Å². The van der Waals surface area contributed by atoms with Gasteiger partial charge in [-0.1, -0.05) is 24.3 Å². The Morgan fingerprint density at radius 1 is 1.33 bits per heavy atom. The Morgan fingerprint density at radius 3 is 2.78 bits per heavy atom. The van der Waals surface area contributed by atoms with Crippen molar-refractivity contribution in [1.82, 2.24) is 5.32 Å². The maximum atomic E-state index is 12.0. The number of carbonyl (C=O) groups excluding carboxylic acids is 1. The predicted octanol–water partition coefficient (Wildman–Crippen LogP) is 3.37. The summed E-state index contributed by atoms with van der Waals surface area (Å²) in [6.45, 7) is 0. The zero-order valence-corrected chi connectivity index (χ0v) is 11.5. The molecule has 2 nitrogen and oxygen atoms in total. The second-order valence-electron chi connectivity index (χ2n) is 5.17. The highest BCUT2D eigenvalue weighted by atomic mass is 35.5. The summed E-state index contributed by atoms with van der Waals surface area (Å²) in [5.74, 6) is -0.253. The average Bonchev–Trinajstić information content (AvgIpc) is 2.99. The highest BCUT2D eigenvalue weighted by Gasteiger charge is 2.56. The van der Waals surface area contributed by atoms with Crippen LogP contribution in [0.25, 0.3) is 0 Å². The third kappa shape index (κ3) is 2.24. The second kappa shape index (κ2) is 4.43. The number of fused-ring (bicyclic) bond motifs is 1. The molecule has 0 spiro atoms. The van der Waals surface area contributed by atoms with Crippen molar-refractivity contribution in [1.29, 1.82) is 0 Å². The molecular formula is C14H15Cl2NO. The third-order valence-corrected chi connectivity index (χ3v) is 4.66. The minimum Gasteiger partial charge on any atom is -0.349 e. The Morgan fingerprint density at radius 2 is 2.06 bits per heavy atom. The van der Waals surface area contributed by atoms with Crippen LogP contribution in [0, 0.1) is 5.92 Å². The fraction of sp³-hybridized carbons (Fsp3) is 0.500. The van der Waals surface area contributed by atoms with Crippen LogP contribution in [0.15, 0.2) is 24.3 Å². The standard InChI is InChI=1S/C14H15Cl2NO/c15-14(16)8-11(14)13(18)17-12-7-3-5-9-4-1-2-6-10(9)12/h1-2,4,6,11-12H,3,5,7-8H2,(H,17,18)/t11-,12-/m0/s1. The van der Waals surface area contributed by atoms with E-state index in [1.807, 2.05) is 12.1 Å². The first kappa shape index (κ1) is 12.3.